The van der Waals surface area contributed by atoms with Crippen LogP contribution >= 0.6 is 0 Å². The van der Waals surface area contributed by atoms with Crippen molar-refractivity contribution in [1.82, 2.24) is 10.2 Å². The molecule has 5 nitrogen and oxygen atoms in total. The minimum atomic E-state index is -0.0245. The molecule has 1 fully saturated rings. The van der Waals surface area contributed by atoms with Crippen LogP contribution < -0.4 is 11.1 Å². The van der Waals surface area contributed by atoms with Gasteiger partial charge in [0, 0.05) is 38.5 Å². The molecule has 5 heteroatoms. The van der Waals surface area contributed by atoms with Crippen LogP contribution in [0, 0.1) is 6.92 Å². The number of hydrogen-bond acceptors (Lipinski definition) is 3. The fraction of sp³-hybridized carbons (Fsp3) is 0.619. The van der Waals surface area contributed by atoms with Crippen LogP contribution in [-0.2, 0) is 16.0 Å². The van der Waals surface area contributed by atoms with Crippen molar-refractivity contribution in [3.05, 3.63) is 35.4 Å². The van der Waals surface area contributed by atoms with Crippen molar-refractivity contribution in [1.29, 1.82) is 0 Å². The summed E-state index contributed by atoms with van der Waals surface area (Å²) in [6, 6.07) is 8.74. The molecule has 1 heterocycles. The highest BCUT2D eigenvalue weighted by Crippen LogP contribution is 2.19. The van der Waals surface area contributed by atoms with Crippen molar-refractivity contribution in [3.8, 4) is 0 Å². The summed E-state index contributed by atoms with van der Waals surface area (Å²) in [5.41, 5.74) is 8.02. The molecular formula is C21H33N3O2. The second-order valence-corrected chi connectivity index (χ2v) is 7.27. The molecule has 0 aliphatic carbocycles. The van der Waals surface area contributed by atoms with Crippen LogP contribution in [0.5, 0.6) is 0 Å². The summed E-state index contributed by atoms with van der Waals surface area (Å²) >= 11 is 0. The summed E-state index contributed by atoms with van der Waals surface area (Å²) in [6.07, 6.45) is 7.05. The lowest BCUT2D eigenvalue weighted by molar-refractivity contribution is -0.135. The number of rotatable bonds is 9. The number of aryl methyl sites for hydroxylation is 2. The van der Waals surface area contributed by atoms with Crippen LogP contribution in [0.1, 0.15) is 56.1 Å². The molecule has 0 spiro atoms. The maximum absolute atomic E-state index is 12.6. The smallest absolute Gasteiger partial charge is 0.222 e. The summed E-state index contributed by atoms with van der Waals surface area (Å²) in [6.45, 7) is 3.82. The molecule has 0 radical (unpaired) electrons. The monoisotopic (exact) mass is 359 g/mol. The van der Waals surface area contributed by atoms with Crippen molar-refractivity contribution in [2.24, 2.45) is 5.73 Å². The lowest BCUT2D eigenvalue weighted by atomic mass is 10.0. The van der Waals surface area contributed by atoms with E-state index in [9.17, 15) is 9.59 Å². The summed E-state index contributed by atoms with van der Waals surface area (Å²) in [5, 5.41) is 2.92. The second-order valence-electron chi connectivity index (χ2n) is 7.27. The summed E-state index contributed by atoms with van der Waals surface area (Å²) < 4.78 is 0. The molecule has 144 valence electrons. The molecule has 1 aromatic rings. The van der Waals surface area contributed by atoms with E-state index in [1.807, 2.05) is 4.90 Å². The van der Waals surface area contributed by atoms with Gasteiger partial charge in [-0.3, -0.25) is 9.59 Å². The second kappa shape index (κ2) is 11.0. The SMILES string of the molecule is Cc1ccc(CCCCC(=O)N2CCCCC2CNC(=O)CCN)cc1. The van der Waals surface area contributed by atoms with Crippen LogP contribution in [-0.4, -0.2) is 42.4 Å². The van der Waals surface area contributed by atoms with Crippen molar-refractivity contribution >= 4 is 11.8 Å². The number of likely N-dealkylation sites (tertiary alicyclic amines) is 1. The zero-order chi connectivity index (χ0) is 18.8. The molecule has 1 aliphatic heterocycles. The Morgan fingerprint density at radius 1 is 1.15 bits per heavy atom. The first-order chi connectivity index (χ1) is 12.6. The predicted molar refractivity (Wildman–Crippen MR) is 105 cm³/mol. The average Bonchev–Trinajstić information content (AvgIpc) is 2.65. The quantitative estimate of drug-likeness (QED) is 0.665. The Labute approximate surface area is 157 Å². The van der Waals surface area contributed by atoms with Gasteiger partial charge in [-0.1, -0.05) is 29.8 Å². The summed E-state index contributed by atoms with van der Waals surface area (Å²) in [4.78, 5) is 26.2. The first-order valence-corrected chi connectivity index (χ1v) is 9.92. The zero-order valence-electron chi connectivity index (χ0n) is 16.0. The predicted octanol–water partition coefficient (Wildman–Crippen LogP) is 2.55. The number of nitrogens with one attached hydrogen (secondary N) is 1. The summed E-state index contributed by atoms with van der Waals surface area (Å²) in [7, 11) is 0. The van der Waals surface area contributed by atoms with Gasteiger partial charge in [-0.15, -0.1) is 0 Å². The fourth-order valence-electron chi connectivity index (χ4n) is 3.50. The van der Waals surface area contributed by atoms with Crippen LogP contribution in [0.25, 0.3) is 0 Å². The van der Waals surface area contributed by atoms with Crippen LogP contribution in [0.4, 0.5) is 0 Å². The van der Waals surface area contributed by atoms with E-state index < -0.39 is 0 Å². The number of hydrogen-bond donors (Lipinski definition) is 2. The number of nitrogens with zero attached hydrogens (tertiary/aromatic N) is 1. The van der Waals surface area contributed by atoms with Gasteiger partial charge in [0.15, 0.2) is 0 Å². The topological polar surface area (TPSA) is 75.4 Å². The zero-order valence-corrected chi connectivity index (χ0v) is 16.0. The molecule has 1 aromatic carbocycles. The Kier molecular flexibility index (Phi) is 8.62. The van der Waals surface area contributed by atoms with Crippen LogP contribution in [0.2, 0.25) is 0 Å². The molecule has 26 heavy (non-hydrogen) atoms. The van der Waals surface area contributed by atoms with Crippen molar-refractivity contribution < 1.29 is 9.59 Å². The number of carbonyl (C=O) groups excluding carboxylic acids is 2. The minimum Gasteiger partial charge on any atom is -0.354 e. The Hall–Kier alpha value is -1.88. The highest BCUT2D eigenvalue weighted by molar-refractivity contribution is 5.77. The van der Waals surface area contributed by atoms with Gasteiger partial charge in [0.05, 0.1) is 0 Å². The molecule has 2 rings (SSSR count). The lowest BCUT2D eigenvalue weighted by Crippen LogP contribution is -2.49. The minimum absolute atomic E-state index is 0.0245. The molecule has 2 amide bonds. The molecule has 3 N–H and O–H groups in total. The van der Waals surface area contributed by atoms with Gasteiger partial charge in [-0.05, 0) is 51.0 Å². The normalized spacial score (nSPS) is 17.2. The number of carbonyl (C=O) groups is 2. The van der Waals surface area contributed by atoms with Crippen LogP contribution in [0.3, 0.4) is 0 Å². The van der Waals surface area contributed by atoms with Gasteiger partial charge >= 0.3 is 0 Å². The number of unbranched alkanes of at least 4 members (excludes halogenated alkanes) is 1. The molecule has 1 atom stereocenters. The maximum Gasteiger partial charge on any atom is 0.222 e. The van der Waals surface area contributed by atoms with Gasteiger partial charge in [-0.25, -0.2) is 0 Å². The van der Waals surface area contributed by atoms with E-state index >= 15 is 0 Å². The lowest BCUT2D eigenvalue weighted by Gasteiger charge is -2.36. The van der Waals surface area contributed by atoms with E-state index in [-0.39, 0.29) is 17.9 Å². The van der Waals surface area contributed by atoms with E-state index in [0.29, 0.717) is 25.9 Å². The Balaban J connectivity index is 1.72. The third-order valence-electron chi connectivity index (χ3n) is 5.08. The van der Waals surface area contributed by atoms with E-state index in [0.717, 1.165) is 45.1 Å². The number of amides is 2. The number of piperidine rings is 1. The number of benzene rings is 1. The highest BCUT2D eigenvalue weighted by Gasteiger charge is 2.26. The van der Waals surface area contributed by atoms with Crippen molar-refractivity contribution in [3.63, 3.8) is 0 Å². The van der Waals surface area contributed by atoms with E-state index in [4.69, 9.17) is 5.73 Å². The van der Waals surface area contributed by atoms with E-state index in [2.05, 4.69) is 36.5 Å². The average molecular weight is 360 g/mol. The molecule has 0 bridgehead atoms. The largest absolute Gasteiger partial charge is 0.354 e. The highest BCUT2D eigenvalue weighted by atomic mass is 16.2. The Morgan fingerprint density at radius 2 is 1.92 bits per heavy atom. The van der Waals surface area contributed by atoms with Gasteiger partial charge in [0.1, 0.15) is 0 Å². The van der Waals surface area contributed by atoms with Crippen molar-refractivity contribution in [2.45, 2.75) is 64.3 Å². The van der Waals surface area contributed by atoms with Gasteiger partial charge in [-0.2, -0.15) is 0 Å². The maximum atomic E-state index is 12.6. The van der Waals surface area contributed by atoms with E-state index in [1.54, 1.807) is 0 Å². The molecule has 1 unspecified atom stereocenters. The third kappa shape index (κ3) is 6.79. The molecular weight excluding hydrogens is 326 g/mol. The van der Waals surface area contributed by atoms with Gasteiger partial charge < -0.3 is 16.0 Å². The number of nitrogens with two attached hydrogens (primary N) is 1. The molecule has 0 aromatic heterocycles. The summed E-state index contributed by atoms with van der Waals surface area (Å²) in [5.74, 6) is 0.204. The first-order valence-electron chi connectivity index (χ1n) is 9.92. The Morgan fingerprint density at radius 3 is 2.65 bits per heavy atom. The van der Waals surface area contributed by atoms with Gasteiger partial charge in [0.2, 0.25) is 11.8 Å². The van der Waals surface area contributed by atoms with E-state index in [1.165, 1.54) is 11.1 Å². The van der Waals surface area contributed by atoms with Gasteiger partial charge in [0.25, 0.3) is 0 Å². The molecule has 1 saturated heterocycles. The molecule has 0 saturated carbocycles. The fourth-order valence-corrected chi connectivity index (χ4v) is 3.50. The van der Waals surface area contributed by atoms with Crippen molar-refractivity contribution in [2.75, 3.05) is 19.6 Å². The Bertz CT molecular complexity index is 571. The molecule has 1 aliphatic rings. The first kappa shape index (κ1) is 20.4. The standard InChI is InChI=1S/C21H33N3O2/c1-17-9-11-18(12-10-17)6-2-3-8-21(26)24-15-5-4-7-19(24)16-23-20(25)13-14-22/h9-12,19H,2-8,13-16,22H2,1H3,(H,23,25). The third-order valence-corrected chi connectivity index (χ3v) is 5.08. The van der Waals surface area contributed by atoms with Crippen LogP contribution in [0.15, 0.2) is 24.3 Å².